The highest BCUT2D eigenvalue weighted by molar-refractivity contribution is 5.50. The van der Waals surface area contributed by atoms with Crippen LogP contribution in [0, 0.1) is 5.82 Å². The number of nitrogens with zero attached hydrogens (tertiary/aromatic N) is 1. The minimum absolute atomic E-state index is 0.139. The molecule has 1 aromatic rings. The minimum Gasteiger partial charge on any atom is -0.380 e. The summed E-state index contributed by atoms with van der Waals surface area (Å²) in [4.78, 5) is 2.06. The van der Waals surface area contributed by atoms with Crippen LogP contribution in [-0.2, 0) is 11.3 Å². The number of halogens is 1. The maximum Gasteiger partial charge on any atom is 0.146 e. The van der Waals surface area contributed by atoms with Crippen molar-refractivity contribution in [3.8, 4) is 0 Å². The highest BCUT2D eigenvalue weighted by Gasteiger charge is 2.24. The average Bonchev–Trinajstić information content (AvgIpc) is 2.85. The van der Waals surface area contributed by atoms with Crippen molar-refractivity contribution in [2.24, 2.45) is 0 Å². The van der Waals surface area contributed by atoms with Crippen molar-refractivity contribution in [1.82, 2.24) is 5.32 Å². The summed E-state index contributed by atoms with van der Waals surface area (Å²) in [6.07, 6.45) is 1.19. The molecule has 19 heavy (non-hydrogen) atoms. The minimum atomic E-state index is -0.139. The normalized spacial score (nSPS) is 19.4. The third kappa shape index (κ3) is 3.67. The summed E-state index contributed by atoms with van der Waals surface area (Å²) in [6, 6.07) is 5.91. The molecule has 4 heteroatoms. The van der Waals surface area contributed by atoms with Gasteiger partial charge in [0.2, 0.25) is 0 Å². The van der Waals surface area contributed by atoms with Gasteiger partial charge in [-0.15, -0.1) is 0 Å². The largest absolute Gasteiger partial charge is 0.380 e. The quantitative estimate of drug-likeness (QED) is 0.886. The monoisotopic (exact) mass is 266 g/mol. The van der Waals surface area contributed by atoms with Crippen molar-refractivity contribution >= 4 is 5.69 Å². The maximum absolute atomic E-state index is 14.1. The highest BCUT2D eigenvalue weighted by Crippen LogP contribution is 2.25. The first-order valence-electron chi connectivity index (χ1n) is 6.89. The first-order valence-corrected chi connectivity index (χ1v) is 6.89. The van der Waals surface area contributed by atoms with Crippen LogP contribution >= 0.6 is 0 Å². The molecule has 0 bridgehead atoms. The molecular formula is C15H23FN2O. The molecule has 1 fully saturated rings. The van der Waals surface area contributed by atoms with Crippen molar-refractivity contribution in [2.45, 2.75) is 39.0 Å². The van der Waals surface area contributed by atoms with Gasteiger partial charge in [-0.1, -0.05) is 19.9 Å². The van der Waals surface area contributed by atoms with E-state index in [0.717, 1.165) is 25.1 Å². The van der Waals surface area contributed by atoms with Gasteiger partial charge in [-0.2, -0.15) is 0 Å². The van der Waals surface area contributed by atoms with Gasteiger partial charge in [0.1, 0.15) is 5.82 Å². The van der Waals surface area contributed by atoms with Crippen LogP contribution in [0.1, 0.15) is 25.8 Å². The zero-order valence-corrected chi connectivity index (χ0v) is 11.9. The molecule has 3 nitrogen and oxygen atoms in total. The lowest BCUT2D eigenvalue weighted by Crippen LogP contribution is -2.24. The third-order valence-corrected chi connectivity index (χ3v) is 3.55. The molecule has 0 spiro atoms. The van der Waals surface area contributed by atoms with E-state index in [1.54, 1.807) is 13.2 Å². The highest BCUT2D eigenvalue weighted by atomic mass is 19.1. The Morgan fingerprint density at radius 2 is 2.26 bits per heavy atom. The number of anilines is 1. The molecule has 1 N–H and O–H groups in total. The first kappa shape index (κ1) is 14.3. The first-order chi connectivity index (χ1) is 9.10. The summed E-state index contributed by atoms with van der Waals surface area (Å²) in [7, 11) is 1.71. The molecule has 0 saturated carbocycles. The fraction of sp³-hybridized carbons (Fsp3) is 0.600. The molecule has 1 atom stereocenters. The van der Waals surface area contributed by atoms with Crippen LogP contribution in [0.5, 0.6) is 0 Å². The van der Waals surface area contributed by atoms with E-state index in [1.807, 2.05) is 12.1 Å². The van der Waals surface area contributed by atoms with E-state index in [9.17, 15) is 4.39 Å². The van der Waals surface area contributed by atoms with Crippen molar-refractivity contribution in [2.75, 3.05) is 25.1 Å². The van der Waals surface area contributed by atoms with Crippen LogP contribution in [0.3, 0.4) is 0 Å². The fourth-order valence-corrected chi connectivity index (χ4v) is 2.38. The van der Waals surface area contributed by atoms with Crippen molar-refractivity contribution in [3.05, 3.63) is 29.6 Å². The SMILES string of the molecule is COC1CCN(c2ccc(CNC(C)C)cc2F)C1. The van der Waals surface area contributed by atoms with Gasteiger partial charge in [-0.25, -0.2) is 4.39 Å². The van der Waals surface area contributed by atoms with E-state index >= 15 is 0 Å². The van der Waals surface area contributed by atoms with Crippen LogP contribution in [0.4, 0.5) is 10.1 Å². The van der Waals surface area contributed by atoms with Crippen molar-refractivity contribution in [3.63, 3.8) is 0 Å². The number of benzene rings is 1. The second-order valence-corrected chi connectivity index (χ2v) is 5.41. The topological polar surface area (TPSA) is 24.5 Å². The number of nitrogens with one attached hydrogen (secondary N) is 1. The molecular weight excluding hydrogens is 243 g/mol. The molecule has 1 saturated heterocycles. The smallest absolute Gasteiger partial charge is 0.146 e. The Kier molecular flexibility index (Phi) is 4.77. The molecule has 1 aliphatic heterocycles. The predicted molar refractivity (Wildman–Crippen MR) is 76.0 cm³/mol. The predicted octanol–water partition coefficient (Wildman–Crippen LogP) is 2.55. The Hall–Kier alpha value is -1.13. The third-order valence-electron chi connectivity index (χ3n) is 3.55. The summed E-state index contributed by atoms with van der Waals surface area (Å²) < 4.78 is 19.5. The molecule has 0 aromatic heterocycles. The molecule has 0 aliphatic carbocycles. The number of hydrogen-bond donors (Lipinski definition) is 1. The molecule has 0 amide bonds. The van der Waals surface area contributed by atoms with E-state index in [-0.39, 0.29) is 11.9 Å². The van der Waals surface area contributed by atoms with Crippen molar-refractivity contribution < 1.29 is 9.13 Å². The number of rotatable bonds is 5. The van der Waals surface area contributed by atoms with Crippen LogP contribution in [-0.4, -0.2) is 32.3 Å². The van der Waals surface area contributed by atoms with E-state index in [1.165, 1.54) is 0 Å². The van der Waals surface area contributed by atoms with Crippen LogP contribution in [0.15, 0.2) is 18.2 Å². The maximum atomic E-state index is 14.1. The molecule has 1 aromatic carbocycles. The molecule has 1 unspecified atom stereocenters. The molecule has 2 rings (SSSR count). The van der Waals surface area contributed by atoms with E-state index in [4.69, 9.17) is 4.74 Å². The lowest BCUT2D eigenvalue weighted by molar-refractivity contribution is 0.121. The van der Waals surface area contributed by atoms with Crippen molar-refractivity contribution in [1.29, 1.82) is 0 Å². The lowest BCUT2D eigenvalue weighted by Gasteiger charge is -2.19. The Morgan fingerprint density at radius 1 is 1.47 bits per heavy atom. The zero-order chi connectivity index (χ0) is 13.8. The summed E-state index contributed by atoms with van der Waals surface area (Å²) in [5.41, 5.74) is 1.67. The van der Waals surface area contributed by atoms with Gasteiger partial charge in [0.05, 0.1) is 11.8 Å². The zero-order valence-electron chi connectivity index (χ0n) is 11.9. The molecule has 1 heterocycles. The molecule has 0 radical (unpaired) electrons. The van der Waals surface area contributed by atoms with E-state index in [2.05, 4.69) is 24.1 Å². The standard InChI is InChI=1S/C15H23FN2O/c1-11(2)17-9-12-4-5-15(14(16)8-12)18-7-6-13(10-18)19-3/h4-5,8,11,13,17H,6-7,9-10H2,1-3H3. The average molecular weight is 266 g/mol. The number of methoxy groups -OCH3 is 1. The Balaban J connectivity index is 2.03. The Morgan fingerprint density at radius 3 is 2.84 bits per heavy atom. The van der Waals surface area contributed by atoms with Crippen LogP contribution < -0.4 is 10.2 Å². The number of hydrogen-bond acceptors (Lipinski definition) is 3. The van der Waals surface area contributed by atoms with Gasteiger partial charge >= 0.3 is 0 Å². The summed E-state index contributed by atoms with van der Waals surface area (Å²) in [6.45, 7) is 6.51. The second-order valence-electron chi connectivity index (χ2n) is 5.41. The van der Waals surface area contributed by atoms with Gasteiger partial charge in [0.15, 0.2) is 0 Å². The summed E-state index contributed by atoms with van der Waals surface area (Å²) in [5, 5.41) is 3.29. The molecule has 106 valence electrons. The van der Waals surface area contributed by atoms with Gasteiger partial charge in [0.25, 0.3) is 0 Å². The Bertz CT molecular complexity index is 423. The van der Waals surface area contributed by atoms with Gasteiger partial charge in [-0.3, -0.25) is 0 Å². The second kappa shape index (κ2) is 6.35. The molecule has 1 aliphatic rings. The van der Waals surface area contributed by atoms with Crippen LogP contribution in [0.2, 0.25) is 0 Å². The summed E-state index contributed by atoms with van der Waals surface area (Å²) >= 11 is 0. The fourth-order valence-electron chi connectivity index (χ4n) is 2.38. The lowest BCUT2D eigenvalue weighted by atomic mass is 10.1. The van der Waals surface area contributed by atoms with Gasteiger partial charge in [-0.05, 0) is 24.1 Å². The Labute approximate surface area is 114 Å². The van der Waals surface area contributed by atoms with Gasteiger partial charge < -0.3 is 15.0 Å². The van der Waals surface area contributed by atoms with E-state index < -0.39 is 0 Å². The van der Waals surface area contributed by atoms with Gasteiger partial charge in [0, 0.05) is 32.8 Å². The van der Waals surface area contributed by atoms with E-state index in [0.29, 0.717) is 18.3 Å². The number of ether oxygens (including phenoxy) is 1. The van der Waals surface area contributed by atoms with Crippen LogP contribution in [0.25, 0.3) is 0 Å². The summed E-state index contributed by atoms with van der Waals surface area (Å²) in [5.74, 6) is -0.139.